The second kappa shape index (κ2) is 5.72. The Bertz CT molecular complexity index is 550. The number of hydrogen-bond acceptors (Lipinski definition) is 2. The van der Waals surface area contributed by atoms with Gasteiger partial charge in [-0.3, -0.25) is 4.90 Å². The third-order valence-corrected chi connectivity index (χ3v) is 4.14. The molecule has 1 fully saturated rings. The van der Waals surface area contributed by atoms with E-state index in [1.807, 2.05) is 7.05 Å². The Morgan fingerprint density at radius 2 is 2.00 bits per heavy atom. The maximum absolute atomic E-state index is 3.31. The van der Waals surface area contributed by atoms with Gasteiger partial charge in [-0.2, -0.15) is 0 Å². The Labute approximate surface area is 115 Å². The molecule has 1 saturated heterocycles. The standard InChI is InChI=1S/C17H22N2/c1-18-12-17-7-4-10-19(17)13-14-8-9-15-5-2-3-6-16(15)11-14/h2-3,5-6,8-9,11,17-18H,4,7,10,12-13H2,1H3. The van der Waals surface area contributed by atoms with Crippen LogP contribution in [0, 0.1) is 0 Å². The molecule has 1 atom stereocenters. The van der Waals surface area contributed by atoms with Gasteiger partial charge in [-0.1, -0.05) is 36.4 Å². The molecule has 1 unspecified atom stereocenters. The summed E-state index contributed by atoms with van der Waals surface area (Å²) in [5, 5.41) is 6.00. The van der Waals surface area contributed by atoms with Crippen molar-refractivity contribution in [1.82, 2.24) is 10.2 Å². The van der Waals surface area contributed by atoms with E-state index in [1.165, 1.54) is 35.7 Å². The van der Waals surface area contributed by atoms with Crippen molar-refractivity contribution in [1.29, 1.82) is 0 Å². The highest BCUT2D eigenvalue weighted by molar-refractivity contribution is 5.82. The van der Waals surface area contributed by atoms with Gasteiger partial charge in [-0.15, -0.1) is 0 Å². The summed E-state index contributed by atoms with van der Waals surface area (Å²) >= 11 is 0. The second-order valence-corrected chi connectivity index (χ2v) is 5.51. The average Bonchev–Trinajstić information content (AvgIpc) is 2.86. The topological polar surface area (TPSA) is 15.3 Å². The zero-order chi connectivity index (χ0) is 13.1. The molecule has 100 valence electrons. The summed E-state index contributed by atoms with van der Waals surface area (Å²) < 4.78 is 0. The van der Waals surface area contributed by atoms with Crippen LogP contribution in [-0.4, -0.2) is 31.1 Å². The molecule has 0 aliphatic carbocycles. The first-order valence-electron chi connectivity index (χ1n) is 7.23. The molecule has 0 aromatic heterocycles. The summed E-state index contributed by atoms with van der Waals surface area (Å²) in [5.41, 5.74) is 1.43. The van der Waals surface area contributed by atoms with Gasteiger partial charge in [0, 0.05) is 19.1 Å². The molecular formula is C17H22N2. The molecule has 1 aliphatic heterocycles. The van der Waals surface area contributed by atoms with Crippen LogP contribution in [0.1, 0.15) is 18.4 Å². The lowest BCUT2D eigenvalue weighted by atomic mass is 10.1. The molecule has 2 nitrogen and oxygen atoms in total. The maximum atomic E-state index is 3.31. The molecule has 0 bridgehead atoms. The smallest absolute Gasteiger partial charge is 0.0237 e. The number of hydrogen-bond donors (Lipinski definition) is 1. The second-order valence-electron chi connectivity index (χ2n) is 5.51. The van der Waals surface area contributed by atoms with Crippen molar-refractivity contribution in [2.75, 3.05) is 20.1 Å². The van der Waals surface area contributed by atoms with Crippen molar-refractivity contribution in [3.63, 3.8) is 0 Å². The Morgan fingerprint density at radius 3 is 2.84 bits per heavy atom. The van der Waals surface area contributed by atoms with E-state index < -0.39 is 0 Å². The quantitative estimate of drug-likeness (QED) is 0.902. The summed E-state index contributed by atoms with van der Waals surface area (Å²) in [4.78, 5) is 2.61. The number of benzene rings is 2. The summed E-state index contributed by atoms with van der Waals surface area (Å²) in [6.07, 6.45) is 2.66. The molecular weight excluding hydrogens is 232 g/mol. The predicted molar refractivity (Wildman–Crippen MR) is 81.3 cm³/mol. The molecule has 1 N–H and O–H groups in total. The highest BCUT2D eigenvalue weighted by Crippen LogP contribution is 2.22. The number of likely N-dealkylation sites (tertiary alicyclic amines) is 1. The fourth-order valence-electron chi connectivity index (χ4n) is 3.14. The fourth-order valence-corrected chi connectivity index (χ4v) is 3.14. The van der Waals surface area contributed by atoms with Crippen LogP contribution in [0.25, 0.3) is 10.8 Å². The normalized spacial score (nSPS) is 20.2. The lowest BCUT2D eigenvalue weighted by Gasteiger charge is -2.24. The van der Waals surface area contributed by atoms with Crippen LogP contribution in [0.3, 0.4) is 0 Å². The van der Waals surface area contributed by atoms with Crippen LogP contribution in [0.5, 0.6) is 0 Å². The van der Waals surface area contributed by atoms with Crippen molar-refractivity contribution in [3.8, 4) is 0 Å². The highest BCUT2D eigenvalue weighted by atomic mass is 15.2. The molecule has 3 rings (SSSR count). The van der Waals surface area contributed by atoms with E-state index in [-0.39, 0.29) is 0 Å². The van der Waals surface area contributed by atoms with E-state index in [0.29, 0.717) is 6.04 Å². The third kappa shape index (κ3) is 2.80. The number of likely N-dealkylation sites (N-methyl/N-ethyl adjacent to an activating group) is 1. The minimum Gasteiger partial charge on any atom is -0.318 e. The Morgan fingerprint density at radius 1 is 1.16 bits per heavy atom. The first-order valence-corrected chi connectivity index (χ1v) is 7.23. The van der Waals surface area contributed by atoms with Gasteiger partial charge >= 0.3 is 0 Å². The zero-order valence-electron chi connectivity index (χ0n) is 11.6. The van der Waals surface area contributed by atoms with Crippen LogP contribution in [0.4, 0.5) is 0 Å². The van der Waals surface area contributed by atoms with Crippen molar-refractivity contribution in [2.45, 2.75) is 25.4 Å². The van der Waals surface area contributed by atoms with Gasteiger partial charge in [-0.25, -0.2) is 0 Å². The van der Waals surface area contributed by atoms with E-state index in [1.54, 1.807) is 0 Å². The average molecular weight is 254 g/mol. The molecule has 1 aliphatic rings. The largest absolute Gasteiger partial charge is 0.318 e. The van der Waals surface area contributed by atoms with Gasteiger partial charge in [0.25, 0.3) is 0 Å². The van der Waals surface area contributed by atoms with Gasteiger partial charge in [0.05, 0.1) is 0 Å². The molecule has 0 spiro atoms. The molecule has 19 heavy (non-hydrogen) atoms. The van der Waals surface area contributed by atoms with E-state index in [4.69, 9.17) is 0 Å². The summed E-state index contributed by atoms with van der Waals surface area (Å²) in [6.45, 7) is 3.42. The van der Waals surface area contributed by atoms with Crippen LogP contribution >= 0.6 is 0 Å². The van der Waals surface area contributed by atoms with Crippen LogP contribution in [0.2, 0.25) is 0 Å². The molecule has 0 amide bonds. The zero-order valence-corrected chi connectivity index (χ0v) is 11.6. The van der Waals surface area contributed by atoms with E-state index in [9.17, 15) is 0 Å². The van der Waals surface area contributed by atoms with Gasteiger partial charge in [0.1, 0.15) is 0 Å². The first-order chi connectivity index (χ1) is 9.36. The Kier molecular flexibility index (Phi) is 3.81. The van der Waals surface area contributed by atoms with E-state index >= 15 is 0 Å². The van der Waals surface area contributed by atoms with Crippen molar-refractivity contribution in [2.24, 2.45) is 0 Å². The van der Waals surface area contributed by atoms with Crippen LogP contribution < -0.4 is 5.32 Å². The fraction of sp³-hybridized carbons (Fsp3) is 0.412. The van der Waals surface area contributed by atoms with Crippen molar-refractivity contribution < 1.29 is 0 Å². The number of fused-ring (bicyclic) bond motifs is 1. The monoisotopic (exact) mass is 254 g/mol. The molecule has 2 heteroatoms. The predicted octanol–water partition coefficient (Wildman–Crippen LogP) is 3.02. The molecule has 0 saturated carbocycles. The van der Waals surface area contributed by atoms with Crippen LogP contribution in [-0.2, 0) is 6.54 Å². The Balaban J connectivity index is 1.77. The summed E-state index contributed by atoms with van der Waals surface area (Å²) in [7, 11) is 2.05. The van der Waals surface area contributed by atoms with E-state index in [2.05, 4.69) is 52.7 Å². The van der Waals surface area contributed by atoms with Gasteiger partial charge in [-0.05, 0) is 48.8 Å². The number of nitrogens with zero attached hydrogens (tertiary/aromatic N) is 1. The van der Waals surface area contributed by atoms with Gasteiger partial charge < -0.3 is 5.32 Å². The number of rotatable bonds is 4. The molecule has 2 aromatic rings. The minimum absolute atomic E-state index is 0.705. The number of nitrogens with one attached hydrogen (secondary N) is 1. The van der Waals surface area contributed by atoms with Gasteiger partial charge in [0.2, 0.25) is 0 Å². The van der Waals surface area contributed by atoms with Crippen molar-refractivity contribution >= 4 is 10.8 Å². The molecule has 1 heterocycles. The maximum Gasteiger partial charge on any atom is 0.0237 e. The SMILES string of the molecule is CNCC1CCCN1Cc1ccc2ccccc2c1. The Hall–Kier alpha value is -1.38. The van der Waals surface area contributed by atoms with Gasteiger partial charge in [0.15, 0.2) is 0 Å². The molecule has 0 radical (unpaired) electrons. The summed E-state index contributed by atoms with van der Waals surface area (Å²) in [5.74, 6) is 0. The third-order valence-electron chi connectivity index (χ3n) is 4.14. The van der Waals surface area contributed by atoms with Crippen molar-refractivity contribution in [3.05, 3.63) is 48.0 Å². The lowest BCUT2D eigenvalue weighted by molar-refractivity contribution is 0.242. The van der Waals surface area contributed by atoms with Crippen LogP contribution in [0.15, 0.2) is 42.5 Å². The lowest BCUT2D eigenvalue weighted by Crippen LogP contribution is -2.36. The van der Waals surface area contributed by atoms with E-state index in [0.717, 1.165) is 13.1 Å². The minimum atomic E-state index is 0.705. The summed E-state index contributed by atoms with van der Waals surface area (Å²) in [6, 6.07) is 16.2. The molecule has 2 aromatic carbocycles. The highest BCUT2D eigenvalue weighted by Gasteiger charge is 2.23. The first kappa shape index (κ1) is 12.6.